The molecule has 1 aliphatic carbocycles. The summed E-state index contributed by atoms with van der Waals surface area (Å²) >= 11 is 1.73. The highest BCUT2D eigenvalue weighted by Gasteiger charge is 2.18. The third-order valence-corrected chi connectivity index (χ3v) is 6.04. The summed E-state index contributed by atoms with van der Waals surface area (Å²) in [5.41, 5.74) is 3.49. The molecular weight excluding hydrogens is 356 g/mol. The molecule has 0 unspecified atom stereocenters. The highest BCUT2D eigenvalue weighted by atomic mass is 32.1. The van der Waals surface area contributed by atoms with Crippen molar-refractivity contribution in [2.45, 2.75) is 65.6 Å². The van der Waals surface area contributed by atoms with E-state index in [1.807, 2.05) is 6.92 Å². The first kappa shape index (κ1) is 19.7. The molecule has 3 rings (SSSR count). The Hall–Kier alpha value is -2.08. The van der Waals surface area contributed by atoms with E-state index in [4.69, 9.17) is 4.74 Å². The second kappa shape index (κ2) is 9.22. The van der Waals surface area contributed by atoms with Gasteiger partial charge in [0, 0.05) is 24.0 Å². The number of hydrogen-bond acceptors (Lipinski definition) is 4. The molecule has 0 atom stereocenters. The summed E-state index contributed by atoms with van der Waals surface area (Å²) in [7, 11) is 1.79. The van der Waals surface area contributed by atoms with E-state index in [1.54, 1.807) is 18.4 Å². The van der Waals surface area contributed by atoms with Gasteiger partial charge < -0.3 is 15.4 Å². The van der Waals surface area contributed by atoms with Gasteiger partial charge in [-0.25, -0.2) is 4.98 Å². The molecule has 5 nitrogen and oxygen atoms in total. The standard InChI is InChI=1S/C21H30N4OS/c1-14-9-10-17(19(11-14)26-18-7-5-6-8-18)12-23-21(22-4)24-13-20-25-15(2)16(3)27-20/h9-11,18H,5-8,12-13H2,1-4H3,(H2,22,23,24). The van der Waals surface area contributed by atoms with Gasteiger partial charge in [-0.3, -0.25) is 4.99 Å². The van der Waals surface area contributed by atoms with Crippen molar-refractivity contribution in [1.29, 1.82) is 0 Å². The van der Waals surface area contributed by atoms with Crippen LogP contribution in [0.3, 0.4) is 0 Å². The maximum atomic E-state index is 6.29. The number of aryl methyl sites for hydroxylation is 3. The Kier molecular flexibility index (Phi) is 6.72. The van der Waals surface area contributed by atoms with Gasteiger partial charge in [-0.15, -0.1) is 11.3 Å². The summed E-state index contributed by atoms with van der Waals surface area (Å²) < 4.78 is 6.29. The zero-order valence-electron chi connectivity index (χ0n) is 16.8. The zero-order chi connectivity index (χ0) is 19.2. The molecule has 146 valence electrons. The smallest absolute Gasteiger partial charge is 0.191 e. The molecule has 0 radical (unpaired) electrons. The molecule has 0 bridgehead atoms. The number of aliphatic imine (C=N–C) groups is 1. The molecule has 0 saturated heterocycles. The molecule has 1 aliphatic rings. The number of rotatable bonds is 6. The molecule has 0 spiro atoms. The van der Waals surface area contributed by atoms with E-state index < -0.39 is 0 Å². The SMILES string of the molecule is CN=C(NCc1nc(C)c(C)s1)NCc1ccc(C)cc1OC1CCCC1. The molecule has 1 saturated carbocycles. The number of hydrogen-bond donors (Lipinski definition) is 2. The molecule has 1 fully saturated rings. The van der Waals surface area contributed by atoms with Crippen LogP contribution in [0.15, 0.2) is 23.2 Å². The summed E-state index contributed by atoms with van der Waals surface area (Å²) in [5, 5.41) is 7.82. The summed E-state index contributed by atoms with van der Waals surface area (Å²) in [6.45, 7) is 7.62. The van der Waals surface area contributed by atoms with Crippen molar-refractivity contribution in [2.75, 3.05) is 7.05 Å². The normalized spacial score (nSPS) is 15.2. The molecule has 0 aliphatic heterocycles. The number of aromatic nitrogens is 1. The highest BCUT2D eigenvalue weighted by Crippen LogP contribution is 2.27. The van der Waals surface area contributed by atoms with Gasteiger partial charge >= 0.3 is 0 Å². The van der Waals surface area contributed by atoms with Gasteiger partial charge in [0.1, 0.15) is 10.8 Å². The lowest BCUT2D eigenvalue weighted by Gasteiger charge is -2.18. The van der Waals surface area contributed by atoms with Crippen molar-refractivity contribution in [3.05, 3.63) is 44.9 Å². The molecule has 2 N–H and O–H groups in total. The molecule has 0 amide bonds. The third kappa shape index (κ3) is 5.45. The van der Waals surface area contributed by atoms with Crippen LogP contribution in [0.5, 0.6) is 5.75 Å². The van der Waals surface area contributed by atoms with E-state index in [1.165, 1.54) is 23.3 Å². The summed E-state index contributed by atoms with van der Waals surface area (Å²) in [6.07, 6.45) is 5.24. The number of guanidine groups is 1. The maximum absolute atomic E-state index is 6.29. The predicted molar refractivity (Wildman–Crippen MR) is 113 cm³/mol. The van der Waals surface area contributed by atoms with Gasteiger partial charge in [0.05, 0.1) is 18.3 Å². The second-order valence-electron chi connectivity index (χ2n) is 7.16. The zero-order valence-corrected chi connectivity index (χ0v) is 17.6. The topological polar surface area (TPSA) is 58.5 Å². The van der Waals surface area contributed by atoms with Crippen molar-refractivity contribution < 1.29 is 4.74 Å². The predicted octanol–water partition coefficient (Wildman–Crippen LogP) is 4.25. The average Bonchev–Trinajstić information content (AvgIpc) is 3.26. The lowest BCUT2D eigenvalue weighted by atomic mass is 10.1. The Bertz CT molecular complexity index is 774. The Morgan fingerprint density at radius 2 is 1.93 bits per heavy atom. The number of benzene rings is 1. The average molecular weight is 387 g/mol. The highest BCUT2D eigenvalue weighted by molar-refractivity contribution is 7.11. The van der Waals surface area contributed by atoms with Crippen molar-refractivity contribution >= 4 is 17.3 Å². The van der Waals surface area contributed by atoms with Crippen LogP contribution in [0.4, 0.5) is 0 Å². The van der Waals surface area contributed by atoms with Gasteiger partial charge in [-0.1, -0.05) is 12.1 Å². The van der Waals surface area contributed by atoms with E-state index in [2.05, 4.69) is 52.7 Å². The van der Waals surface area contributed by atoms with Crippen LogP contribution in [0.1, 0.15) is 52.4 Å². The van der Waals surface area contributed by atoms with E-state index in [-0.39, 0.29) is 0 Å². The molecule has 6 heteroatoms. The lowest BCUT2D eigenvalue weighted by molar-refractivity contribution is 0.207. The maximum Gasteiger partial charge on any atom is 0.191 e. The monoisotopic (exact) mass is 386 g/mol. The molecule has 1 aromatic heterocycles. The number of thiazole rings is 1. The van der Waals surface area contributed by atoms with Crippen LogP contribution in [-0.2, 0) is 13.1 Å². The van der Waals surface area contributed by atoms with Crippen LogP contribution in [-0.4, -0.2) is 24.1 Å². The summed E-state index contributed by atoms with van der Waals surface area (Å²) in [4.78, 5) is 10.2. The van der Waals surface area contributed by atoms with Crippen LogP contribution in [0.25, 0.3) is 0 Å². The number of nitrogens with zero attached hydrogens (tertiary/aromatic N) is 2. The summed E-state index contributed by atoms with van der Waals surface area (Å²) in [6, 6.07) is 6.43. The van der Waals surface area contributed by atoms with Gasteiger partial charge in [0.2, 0.25) is 0 Å². The fourth-order valence-corrected chi connectivity index (χ4v) is 4.15. The van der Waals surface area contributed by atoms with E-state index >= 15 is 0 Å². The Morgan fingerprint density at radius 3 is 2.59 bits per heavy atom. The minimum Gasteiger partial charge on any atom is -0.490 e. The van der Waals surface area contributed by atoms with Crippen LogP contribution < -0.4 is 15.4 Å². The van der Waals surface area contributed by atoms with Crippen molar-refractivity contribution in [2.24, 2.45) is 4.99 Å². The summed E-state index contributed by atoms with van der Waals surface area (Å²) in [5.74, 6) is 1.77. The van der Waals surface area contributed by atoms with Crippen LogP contribution in [0.2, 0.25) is 0 Å². The Labute approximate surface area is 166 Å². The third-order valence-electron chi connectivity index (χ3n) is 4.97. The van der Waals surface area contributed by atoms with Crippen molar-refractivity contribution in [1.82, 2.24) is 15.6 Å². The largest absolute Gasteiger partial charge is 0.490 e. The molecular formula is C21H30N4OS. The first-order valence-electron chi connectivity index (χ1n) is 9.68. The first-order chi connectivity index (χ1) is 13.0. The van der Waals surface area contributed by atoms with Gasteiger partial charge in [0.25, 0.3) is 0 Å². The first-order valence-corrected chi connectivity index (χ1v) is 10.5. The molecule has 1 heterocycles. The Balaban J connectivity index is 1.58. The second-order valence-corrected chi connectivity index (χ2v) is 8.45. The van der Waals surface area contributed by atoms with Gasteiger partial charge in [0.15, 0.2) is 5.96 Å². The van der Waals surface area contributed by atoms with Gasteiger partial charge in [-0.2, -0.15) is 0 Å². The fourth-order valence-electron chi connectivity index (χ4n) is 3.28. The lowest BCUT2D eigenvalue weighted by Crippen LogP contribution is -2.36. The van der Waals surface area contributed by atoms with E-state index in [0.717, 1.165) is 40.8 Å². The quantitative estimate of drug-likeness (QED) is 0.575. The number of ether oxygens (including phenoxy) is 1. The van der Waals surface area contributed by atoms with Crippen LogP contribution in [0, 0.1) is 20.8 Å². The molecule has 1 aromatic carbocycles. The number of nitrogens with one attached hydrogen (secondary N) is 2. The minimum absolute atomic E-state index is 0.361. The minimum atomic E-state index is 0.361. The fraction of sp³-hybridized carbons (Fsp3) is 0.524. The van der Waals surface area contributed by atoms with E-state index in [0.29, 0.717) is 19.2 Å². The van der Waals surface area contributed by atoms with Crippen molar-refractivity contribution in [3.8, 4) is 5.75 Å². The van der Waals surface area contributed by atoms with E-state index in [9.17, 15) is 0 Å². The van der Waals surface area contributed by atoms with Crippen molar-refractivity contribution in [3.63, 3.8) is 0 Å². The van der Waals surface area contributed by atoms with Gasteiger partial charge in [-0.05, 0) is 58.1 Å². The van der Waals surface area contributed by atoms with Crippen LogP contribution >= 0.6 is 11.3 Å². The molecule has 2 aromatic rings. The molecule has 27 heavy (non-hydrogen) atoms. The Morgan fingerprint density at radius 1 is 1.19 bits per heavy atom.